The molecule has 1 aliphatic rings. The van der Waals surface area contributed by atoms with Gasteiger partial charge in [-0.1, -0.05) is 6.07 Å². The van der Waals surface area contributed by atoms with Gasteiger partial charge in [0.25, 0.3) is 5.91 Å². The molecule has 2 N–H and O–H groups in total. The van der Waals surface area contributed by atoms with Gasteiger partial charge in [0.1, 0.15) is 0 Å². The van der Waals surface area contributed by atoms with Gasteiger partial charge >= 0.3 is 5.97 Å². The van der Waals surface area contributed by atoms with Crippen LogP contribution >= 0.6 is 0 Å². The van der Waals surface area contributed by atoms with E-state index in [1.807, 2.05) is 0 Å². The number of carboxylic acid groups (broad SMARTS) is 1. The molecule has 21 heavy (non-hydrogen) atoms. The van der Waals surface area contributed by atoms with Crippen molar-refractivity contribution >= 4 is 11.9 Å². The molecule has 0 radical (unpaired) electrons. The van der Waals surface area contributed by atoms with Crippen LogP contribution in [0, 0.1) is 0 Å². The number of nitrogens with zero attached hydrogens (tertiary/aromatic N) is 1. The second-order valence-corrected chi connectivity index (χ2v) is 4.89. The van der Waals surface area contributed by atoms with Gasteiger partial charge in [-0.05, 0) is 29.3 Å². The van der Waals surface area contributed by atoms with Crippen LogP contribution in [0.2, 0.25) is 0 Å². The number of carbonyl (C=O) groups is 2. The Labute approximate surface area is 119 Å². The molecule has 0 saturated heterocycles. The second kappa shape index (κ2) is 4.90. The number of pyridine rings is 1. The van der Waals surface area contributed by atoms with Crippen molar-refractivity contribution in [1.82, 2.24) is 9.88 Å². The Kier molecular flexibility index (Phi) is 3.06. The fourth-order valence-corrected chi connectivity index (χ4v) is 2.43. The summed E-state index contributed by atoms with van der Waals surface area (Å²) >= 11 is 0. The highest BCUT2D eigenvalue weighted by Gasteiger charge is 2.25. The third-order valence-electron chi connectivity index (χ3n) is 3.48. The maximum absolute atomic E-state index is 12.3. The van der Waals surface area contributed by atoms with E-state index >= 15 is 0 Å². The summed E-state index contributed by atoms with van der Waals surface area (Å²) in [5.74, 6) is -1.23. The highest BCUT2D eigenvalue weighted by molar-refractivity contribution is 5.94. The van der Waals surface area contributed by atoms with Crippen LogP contribution in [-0.2, 0) is 13.1 Å². The van der Waals surface area contributed by atoms with Gasteiger partial charge in [-0.2, -0.15) is 0 Å². The first-order valence-corrected chi connectivity index (χ1v) is 6.38. The Morgan fingerprint density at radius 1 is 1.05 bits per heavy atom. The predicted octanol–water partition coefficient (Wildman–Crippen LogP) is 1.23. The smallest absolute Gasteiger partial charge is 0.335 e. The molecule has 2 aromatic rings. The number of aromatic carboxylic acids is 1. The minimum Gasteiger partial charge on any atom is -0.478 e. The average Bonchev–Trinajstić information content (AvgIpc) is 2.89. The van der Waals surface area contributed by atoms with Gasteiger partial charge in [-0.25, -0.2) is 4.79 Å². The fourth-order valence-electron chi connectivity index (χ4n) is 2.43. The molecule has 1 amide bonds. The van der Waals surface area contributed by atoms with Crippen molar-refractivity contribution in [2.75, 3.05) is 0 Å². The lowest BCUT2D eigenvalue weighted by Gasteiger charge is -2.14. The van der Waals surface area contributed by atoms with Crippen molar-refractivity contribution in [3.63, 3.8) is 0 Å². The van der Waals surface area contributed by atoms with Crippen LogP contribution in [0.1, 0.15) is 31.8 Å². The standard InChI is InChI=1S/C15H12N2O4/c18-13-6-9(3-4-16-13)14(19)17-7-11-2-1-10(15(20)21)5-12(11)8-17/h1-6H,7-8H2,(H,16,18)(H,20,21). The summed E-state index contributed by atoms with van der Waals surface area (Å²) in [5, 5.41) is 8.98. The number of aromatic nitrogens is 1. The molecule has 1 aromatic heterocycles. The minimum atomic E-state index is -0.989. The summed E-state index contributed by atoms with van der Waals surface area (Å²) in [6.07, 6.45) is 1.43. The summed E-state index contributed by atoms with van der Waals surface area (Å²) in [6, 6.07) is 7.65. The van der Waals surface area contributed by atoms with Crippen molar-refractivity contribution in [3.05, 3.63) is 69.1 Å². The molecule has 0 spiro atoms. The zero-order valence-electron chi connectivity index (χ0n) is 11.0. The number of carboxylic acids is 1. The molecule has 6 heteroatoms. The Morgan fingerprint density at radius 3 is 2.52 bits per heavy atom. The van der Waals surface area contributed by atoms with Crippen LogP contribution in [0.25, 0.3) is 0 Å². The topological polar surface area (TPSA) is 90.5 Å². The van der Waals surface area contributed by atoms with E-state index in [0.717, 1.165) is 11.1 Å². The monoisotopic (exact) mass is 284 g/mol. The van der Waals surface area contributed by atoms with Crippen LogP contribution in [0.15, 0.2) is 41.3 Å². The molecule has 0 aliphatic carbocycles. The number of nitrogens with one attached hydrogen (secondary N) is 1. The largest absolute Gasteiger partial charge is 0.478 e. The number of benzene rings is 1. The van der Waals surface area contributed by atoms with Crippen LogP contribution in [0.3, 0.4) is 0 Å². The van der Waals surface area contributed by atoms with E-state index in [-0.39, 0.29) is 17.0 Å². The summed E-state index contributed by atoms with van der Waals surface area (Å²) < 4.78 is 0. The third-order valence-corrected chi connectivity index (χ3v) is 3.48. The van der Waals surface area contributed by atoms with Crippen LogP contribution in [0.5, 0.6) is 0 Å². The van der Waals surface area contributed by atoms with E-state index in [2.05, 4.69) is 4.98 Å². The number of hydrogen-bond acceptors (Lipinski definition) is 3. The molecule has 106 valence electrons. The van der Waals surface area contributed by atoms with Gasteiger partial charge in [0, 0.05) is 30.9 Å². The Morgan fingerprint density at radius 2 is 1.81 bits per heavy atom. The molecule has 2 heterocycles. The predicted molar refractivity (Wildman–Crippen MR) is 74.0 cm³/mol. The number of carbonyl (C=O) groups excluding carboxylic acids is 1. The zero-order chi connectivity index (χ0) is 15.0. The lowest BCUT2D eigenvalue weighted by Crippen LogP contribution is -2.26. The number of amides is 1. The van der Waals surface area contributed by atoms with Crippen molar-refractivity contribution in [2.24, 2.45) is 0 Å². The van der Waals surface area contributed by atoms with Crippen LogP contribution in [-0.4, -0.2) is 26.9 Å². The van der Waals surface area contributed by atoms with Crippen LogP contribution < -0.4 is 5.56 Å². The Bertz CT molecular complexity index is 794. The van der Waals surface area contributed by atoms with Crippen molar-refractivity contribution in [2.45, 2.75) is 13.1 Å². The maximum atomic E-state index is 12.3. The molecule has 0 unspecified atom stereocenters. The summed E-state index contributed by atoms with van der Waals surface area (Å²) in [5.41, 5.74) is 1.96. The Hall–Kier alpha value is -2.89. The molecular formula is C15H12N2O4. The zero-order valence-corrected chi connectivity index (χ0v) is 11.0. The molecule has 3 rings (SSSR count). The summed E-state index contributed by atoms with van der Waals surface area (Å²) in [6.45, 7) is 0.767. The molecule has 0 bridgehead atoms. The van der Waals surface area contributed by atoms with Crippen molar-refractivity contribution in [1.29, 1.82) is 0 Å². The van der Waals surface area contributed by atoms with Crippen molar-refractivity contribution < 1.29 is 14.7 Å². The molecular weight excluding hydrogens is 272 g/mol. The molecule has 1 aromatic carbocycles. The fraction of sp³-hybridized carbons (Fsp3) is 0.133. The number of hydrogen-bond donors (Lipinski definition) is 2. The second-order valence-electron chi connectivity index (χ2n) is 4.89. The van der Waals surface area contributed by atoms with Gasteiger partial charge in [0.15, 0.2) is 0 Å². The van der Waals surface area contributed by atoms with Gasteiger partial charge in [-0.3, -0.25) is 9.59 Å². The van der Waals surface area contributed by atoms with Crippen LogP contribution in [0.4, 0.5) is 0 Å². The van der Waals surface area contributed by atoms with E-state index < -0.39 is 5.97 Å². The first-order valence-electron chi connectivity index (χ1n) is 6.38. The summed E-state index contributed by atoms with van der Waals surface area (Å²) in [4.78, 5) is 38.6. The SMILES string of the molecule is O=C(O)c1ccc2c(c1)CN(C(=O)c1cc[nH]c(=O)c1)C2. The van der Waals surface area contributed by atoms with Gasteiger partial charge in [0.05, 0.1) is 5.56 Å². The van der Waals surface area contributed by atoms with Gasteiger partial charge in [-0.15, -0.1) is 0 Å². The highest BCUT2D eigenvalue weighted by atomic mass is 16.4. The van der Waals surface area contributed by atoms with E-state index in [9.17, 15) is 14.4 Å². The van der Waals surface area contributed by atoms with E-state index in [0.29, 0.717) is 18.7 Å². The number of H-pyrrole nitrogens is 1. The van der Waals surface area contributed by atoms with Gasteiger partial charge in [0.2, 0.25) is 5.56 Å². The third kappa shape index (κ3) is 2.43. The normalized spacial score (nSPS) is 13.0. The maximum Gasteiger partial charge on any atom is 0.335 e. The lowest BCUT2D eigenvalue weighted by atomic mass is 10.1. The van der Waals surface area contributed by atoms with E-state index in [1.54, 1.807) is 23.1 Å². The molecule has 0 fully saturated rings. The minimum absolute atomic E-state index is 0.208. The molecule has 0 atom stereocenters. The van der Waals surface area contributed by atoms with Crippen molar-refractivity contribution in [3.8, 4) is 0 Å². The first kappa shape index (κ1) is 13.1. The molecule has 0 saturated carbocycles. The van der Waals surface area contributed by atoms with Gasteiger partial charge < -0.3 is 15.0 Å². The molecule has 6 nitrogen and oxygen atoms in total. The highest BCUT2D eigenvalue weighted by Crippen LogP contribution is 2.25. The average molecular weight is 284 g/mol. The molecule has 1 aliphatic heterocycles. The summed E-state index contributed by atoms with van der Waals surface area (Å²) in [7, 11) is 0. The number of fused-ring (bicyclic) bond motifs is 1. The Balaban J connectivity index is 1.86. The number of aromatic amines is 1. The number of rotatable bonds is 2. The quantitative estimate of drug-likeness (QED) is 0.867. The lowest BCUT2D eigenvalue weighted by molar-refractivity contribution is 0.0696. The van der Waals surface area contributed by atoms with E-state index in [4.69, 9.17) is 5.11 Å². The van der Waals surface area contributed by atoms with E-state index in [1.165, 1.54) is 18.3 Å². The first-order chi connectivity index (χ1) is 10.0.